The molecule has 1 heterocycles. The van der Waals surface area contributed by atoms with Crippen molar-refractivity contribution in [3.63, 3.8) is 0 Å². The van der Waals surface area contributed by atoms with Gasteiger partial charge in [-0.25, -0.2) is 12.7 Å². The maximum Gasteiger partial charge on any atom is 0.214 e. The van der Waals surface area contributed by atoms with Gasteiger partial charge in [-0.3, -0.25) is 9.78 Å². The van der Waals surface area contributed by atoms with E-state index in [0.29, 0.717) is 31.7 Å². The largest absolute Gasteiger partial charge is 0.299 e. The second kappa shape index (κ2) is 5.92. The van der Waals surface area contributed by atoms with Crippen LogP contribution in [0.3, 0.4) is 0 Å². The Morgan fingerprint density at radius 2 is 2.08 bits per heavy atom. The van der Waals surface area contributed by atoms with Crippen molar-refractivity contribution in [3.05, 3.63) is 30.1 Å². The predicted octanol–water partition coefficient (Wildman–Crippen LogP) is 2.28. The molecule has 0 aromatic carbocycles. The number of pyridine rings is 1. The van der Waals surface area contributed by atoms with E-state index >= 15 is 0 Å². The van der Waals surface area contributed by atoms with Crippen LogP contribution in [0.15, 0.2) is 24.4 Å². The number of carbonyl (C=O) groups is 1. The molecule has 132 valence electrons. The van der Waals surface area contributed by atoms with Gasteiger partial charge in [0.05, 0.1) is 5.75 Å². The summed E-state index contributed by atoms with van der Waals surface area (Å²) in [6.45, 7) is 4.52. The van der Waals surface area contributed by atoms with E-state index < -0.39 is 15.4 Å². The molecule has 2 unspecified atom stereocenters. The zero-order valence-electron chi connectivity index (χ0n) is 14.7. The molecule has 2 fully saturated rings. The van der Waals surface area contributed by atoms with Gasteiger partial charge in [0.25, 0.3) is 0 Å². The summed E-state index contributed by atoms with van der Waals surface area (Å²) in [6, 6.07) is 5.63. The number of likely N-dealkylation sites (N-methyl/N-ethyl adjacent to an activating group) is 1. The van der Waals surface area contributed by atoms with Gasteiger partial charge in [0.2, 0.25) is 10.0 Å². The lowest BCUT2D eigenvalue weighted by Crippen LogP contribution is -2.46. The van der Waals surface area contributed by atoms with Crippen molar-refractivity contribution in [2.24, 2.45) is 16.7 Å². The maximum absolute atomic E-state index is 12.9. The smallest absolute Gasteiger partial charge is 0.214 e. The summed E-state index contributed by atoms with van der Waals surface area (Å²) < 4.78 is 27.1. The van der Waals surface area contributed by atoms with E-state index in [9.17, 15) is 13.2 Å². The van der Waals surface area contributed by atoms with Crippen LogP contribution in [0, 0.1) is 16.7 Å². The molecule has 0 radical (unpaired) electrons. The van der Waals surface area contributed by atoms with Gasteiger partial charge in [0.1, 0.15) is 5.78 Å². The molecule has 1 aromatic heterocycles. The first-order valence-electron chi connectivity index (χ1n) is 8.56. The number of hydrogen-bond acceptors (Lipinski definition) is 4. The lowest BCUT2D eigenvalue weighted by molar-refractivity contribution is -0.128. The summed E-state index contributed by atoms with van der Waals surface area (Å²) in [6.07, 6.45) is 4.49. The van der Waals surface area contributed by atoms with Crippen LogP contribution >= 0.6 is 0 Å². The Labute approximate surface area is 144 Å². The highest BCUT2D eigenvalue weighted by atomic mass is 32.2. The zero-order valence-corrected chi connectivity index (χ0v) is 15.5. The second-order valence-electron chi connectivity index (χ2n) is 7.82. The van der Waals surface area contributed by atoms with Gasteiger partial charge >= 0.3 is 0 Å². The number of aromatic nitrogens is 1. The summed E-state index contributed by atoms with van der Waals surface area (Å²) in [5.74, 6) is 0.422. The number of hydrogen-bond donors (Lipinski definition) is 0. The molecule has 0 aliphatic heterocycles. The summed E-state index contributed by atoms with van der Waals surface area (Å²) in [5.41, 5.74) is -0.0507. The molecule has 5 nitrogen and oxygen atoms in total. The Hall–Kier alpha value is -1.27. The lowest BCUT2D eigenvalue weighted by Gasteiger charge is -2.37. The fourth-order valence-corrected chi connectivity index (χ4v) is 6.38. The van der Waals surface area contributed by atoms with E-state index in [1.165, 1.54) is 4.31 Å². The third-order valence-electron chi connectivity index (χ3n) is 6.45. The number of fused-ring (bicyclic) bond motifs is 2. The molecule has 2 bridgehead atoms. The van der Waals surface area contributed by atoms with E-state index in [1.807, 2.05) is 18.2 Å². The first-order valence-corrected chi connectivity index (χ1v) is 10.2. The molecule has 0 amide bonds. The Kier molecular flexibility index (Phi) is 4.33. The van der Waals surface area contributed by atoms with Crippen LogP contribution < -0.4 is 0 Å². The van der Waals surface area contributed by atoms with Gasteiger partial charge in [-0.1, -0.05) is 19.9 Å². The van der Waals surface area contributed by atoms with Gasteiger partial charge in [-0.15, -0.1) is 0 Å². The van der Waals surface area contributed by atoms with Crippen molar-refractivity contribution >= 4 is 15.8 Å². The summed E-state index contributed by atoms with van der Waals surface area (Å²) >= 11 is 0. The van der Waals surface area contributed by atoms with Crippen LogP contribution in [0.5, 0.6) is 0 Å². The van der Waals surface area contributed by atoms with E-state index in [4.69, 9.17) is 0 Å². The van der Waals surface area contributed by atoms with Crippen molar-refractivity contribution in [2.75, 3.05) is 19.3 Å². The van der Waals surface area contributed by atoms with E-state index in [2.05, 4.69) is 18.8 Å². The summed E-state index contributed by atoms with van der Waals surface area (Å²) in [5, 5.41) is 0. The van der Waals surface area contributed by atoms with Crippen molar-refractivity contribution in [1.82, 2.24) is 9.29 Å². The average Bonchev–Trinajstić information content (AvgIpc) is 2.87. The number of rotatable bonds is 6. The first kappa shape index (κ1) is 17.5. The van der Waals surface area contributed by atoms with Crippen LogP contribution in [0.2, 0.25) is 0 Å². The number of ketones is 1. The Morgan fingerprint density at radius 1 is 1.33 bits per heavy atom. The Balaban J connectivity index is 1.73. The molecule has 24 heavy (non-hydrogen) atoms. The molecule has 0 spiro atoms. The molecule has 2 aliphatic rings. The topological polar surface area (TPSA) is 67.3 Å². The number of Topliss-reactive ketones (excluding diaryl/α,β-unsaturated/α-hetero) is 1. The fourth-order valence-electron chi connectivity index (χ4n) is 4.49. The number of sulfonamides is 1. The van der Waals surface area contributed by atoms with Crippen molar-refractivity contribution in [1.29, 1.82) is 0 Å². The fraction of sp³-hybridized carbons (Fsp3) is 0.667. The van der Waals surface area contributed by atoms with Crippen molar-refractivity contribution < 1.29 is 13.2 Å². The van der Waals surface area contributed by atoms with Crippen LogP contribution in [0.1, 0.15) is 38.8 Å². The third-order valence-corrected chi connectivity index (χ3v) is 8.44. The maximum atomic E-state index is 12.9. The van der Waals surface area contributed by atoms with E-state index in [0.717, 1.165) is 12.1 Å². The molecular formula is C18H26N2O3S. The minimum Gasteiger partial charge on any atom is -0.299 e. The zero-order chi connectivity index (χ0) is 17.6. The monoisotopic (exact) mass is 350 g/mol. The van der Waals surface area contributed by atoms with Crippen LogP contribution in [0.4, 0.5) is 0 Å². The van der Waals surface area contributed by atoms with Crippen LogP contribution in [0.25, 0.3) is 0 Å². The summed E-state index contributed by atoms with van der Waals surface area (Å²) in [4.78, 5) is 16.8. The number of nitrogens with zero attached hydrogens (tertiary/aromatic N) is 2. The first-order chi connectivity index (χ1) is 11.2. The highest BCUT2D eigenvalue weighted by Crippen LogP contribution is 2.64. The highest BCUT2D eigenvalue weighted by molar-refractivity contribution is 7.89. The Bertz CT molecular complexity index is 730. The predicted molar refractivity (Wildman–Crippen MR) is 92.9 cm³/mol. The quantitative estimate of drug-likeness (QED) is 0.789. The SMILES string of the molecule is CN(CCc1ccccn1)S(=O)(=O)CC12CCC(CC1=O)C2(C)C. The van der Waals surface area contributed by atoms with Crippen LogP contribution in [-0.2, 0) is 21.2 Å². The molecule has 1 aromatic rings. The molecule has 6 heteroatoms. The van der Waals surface area contributed by atoms with Gasteiger partial charge < -0.3 is 0 Å². The average molecular weight is 350 g/mol. The molecular weight excluding hydrogens is 324 g/mol. The van der Waals surface area contributed by atoms with Gasteiger partial charge in [-0.2, -0.15) is 0 Å². The highest BCUT2D eigenvalue weighted by Gasteiger charge is 2.65. The van der Waals surface area contributed by atoms with Crippen LogP contribution in [-0.4, -0.2) is 42.8 Å². The Morgan fingerprint density at radius 3 is 2.62 bits per heavy atom. The number of carbonyl (C=O) groups excluding carboxylic acids is 1. The van der Waals surface area contributed by atoms with Gasteiger partial charge in [-0.05, 0) is 36.3 Å². The van der Waals surface area contributed by atoms with Gasteiger partial charge in [0.15, 0.2) is 0 Å². The minimum absolute atomic E-state index is 0.0545. The van der Waals surface area contributed by atoms with E-state index in [-0.39, 0.29) is 17.0 Å². The minimum atomic E-state index is -3.48. The summed E-state index contributed by atoms with van der Waals surface area (Å²) in [7, 11) is -1.87. The molecule has 3 rings (SSSR count). The van der Waals surface area contributed by atoms with E-state index in [1.54, 1.807) is 13.2 Å². The van der Waals surface area contributed by atoms with Gasteiger partial charge in [0, 0.05) is 43.7 Å². The van der Waals surface area contributed by atoms with Crippen molar-refractivity contribution in [2.45, 2.75) is 39.5 Å². The molecule has 2 atom stereocenters. The normalized spacial score (nSPS) is 28.7. The molecule has 0 N–H and O–H groups in total. The third kappa shape index (κ3) is 2.69. The molecule has 2 saturated carbocycles. The lowest BCUT2D eigenvalue weighted by atomic mass is 9.70. The molecule has 0 saturated heterocycles. The van der Waals surface area contributed by atoms with Crippen molar-refractivity contribution in [3.8, 4) is 0 Å². The molecule has 2 aliphatic carbocycles. The second-order valence-corrected chi connectivity index (χ2v) is 9.89. The standard InChI is InChI=1S/C18H26N2O3S/c1-17(2)14-7-9-18(17,16(21)12-14)13-24(22,23)20(3)11-8-15-6-4-5-10-19-15/h4-6,10,14H,7-9,11-13H2,1-3H3.